The lowest BCUT2D eigenvalue weighted by atomic mass is 9.91. The van der Waals surface area contributed by atoms with Crippen LogP contribution in [0.25, 0.3) is 0 Å². The fraction of sp³-hybridized carbons (Fsp3) is 0.562. The number of nitrogens with two attached hydrogens (primary N) is 1. The predicted molar refractivity (Wildman–Crippen MR) is 77.9 cm³/mol. The van der Waals surface area contributed by atoms with Crippen LogP contribution in [0, 0.1) is 19.8 Å². The van der Waals surface area contributed by atoms with Crippen molar-refractivity contribution in [1.29, 1.82) is 0 Å². The van der Waals surface area contributed by atoms with Crippen molar-refractivity contribution < 1.29 is 9.53 Å². The van der Waals surface area contributed by atoms with E-state index in [0.29, 0.717) is 13.0 Å². The monoisotopic (exact) mass is 263 g/mol. The third kappa shape index (κ3) is 5.03. The molecule has 2 N–H and O–H groups in total. The summed E-state index contributed by atoms with van der Waals surface area (Å²) in [5, 5.41) is 0. The molecular formula is C16H25NO2. The molecular weight excluding hydrogens is 238 g/mol. The van der Waals surface area contributed by atoms with Crippen LogP contribution in [0.3, 0.4) is 0 Å². The molecule has 1 aromatic carbocycles. The van der Waals surface area contributed by atoms with Gasteiger partial charge in [-0.3, -0.25) is 4.79 Å². The van der Waals surface area contributed by atoms with E-state index in [2.05, 4.69) is 32.0 Å². The van der Waals surface area contributed by atoms with E-state index in [1.165, 1.54) is 16.7 Å². The SMILES string of the molecule is CCOC(=O)CC(C)CC(N)c1ccc(C)cc1C. The van der Waals surface area contributed by atoms with Gasteiger partial charge in [0.05, 0.1) is 6.61 Å². The molecule has 1 rings (SSSR count). The molecule has 0 saturated heterocycles. The van der Waals surface area contributed by atoms with Crippen LogP contribution in [0.15, 0.2) is 18.2 Å². The summed E-state index contributed by atoms with van der Waals surface area (Å²) in [5.41, 5.74) is 9.87. The molecule has 106 valence electrons. The second-order valence-electron chi connectivity index (χ2n) is 5.32. The first-order chi connectivity index (χ1) is 8.93. The summed E-state index contributed by atoms with van der Waals surface area (Å²) in [7, 11) is 0. The molecule has 0 fully saturated rings. The maximum absolute atomic E-state index is 11.4. The quantitative estimate of drug-likeness (QED) is 0.801. The number of carbonyl (C=O) groups excluding carboxylic acids is 1. The van der Waals surface area contributed by atoms with Gasteiger partial charge in [-0.25, -0.2) is 0 Å². The lowest BCUT2D eigenvalue weighted by Crippen LogP contribution is -2.18. The van der Waals surface area contributed by atoms with Crippen molar-refractivity contribution in [3.05, 3.63) is 34.9 Å². The van der Waals surface area contributed by atoms with E-state index in [1.54, 1.807) is 0 Å². The molecule has 0 aliphatic rings. The maximum atomic E-state index is 11.4. The smallest absolute Gasteiger partial charge is 0.306 e. The minimum atomic E-state index is -0.136. The molecule has 0 saturated carbocycles. The second kappa shape index (κ2) is 7.29. The molecule has 3 nitrogen and oxygen atoms in total. The fourth-order valence-corrected chi connectivity index (χ4v) is 2.39. The Bertz CT molecular complexity index is 429. The zero-order valence-corrected chi connectivity index (χ0v) is 12.4. The van der Waals surface area contributed by atoms with Gasteiger partial charge in [-0.1, -0.05) is 30.7 Å². The van der Waals surface area contributed by atoms with Gasteiger partial charge < -0.3 is 10.5 Å². The van der Waals surface area contributed by atoms with Gasteiger partial charge in [-0.15, -0.1) is 0 Å². The van der Waals surface area contributed by atoms with E-state index >= 15 is 0 Å². The van der Waals surface area contributed by atoms with E-state index < -0.39 is 0 Å². The summed E-state index contributed by atoms with van der Waals surface area (Å²) >= 11 is 0. The summed E-state index contributed by atoms with van der Waals surface area (Å²) in [5.74, 6) is 0.0950. The minimum absolute atomic E-state index is 0.0231. The molecule has 0 aliphatic heterocycles. The van der Waals surface area contributed by atoms with Crippen LogP contribution in [0.2, 0.25) is 0 Å². The number of hydrogen-bond donors (Lipinski definition) is 1. The minimum Gasteiger partial charge on any atom is -0.466 e. The average Bonchev–Trinajstić information content (AvgIpc) is 2.28. The van der Waals surface area contributed by atoms with Gasteiger partial charge in [0.25, 0.3) is 0 Å². The van der Waals surface area contributed by atoms with Crippen molar-refractivity contribution in [3.8, 4) is 0 Å². The number of ether oxygens (including phenoxy) is 1. The highest BCUT2D eigenvalue weighted by Gasteiger charge is 2.16. The van der Waals surface area contributed by atoms with Crippen molar-refractivity contribution in [3.63, 3.8) is 0 Å². The third-order valence-corrected chi connectivity index (χ3v) is 3.30. The van der Waals surface area contributed by atoms with Gasteiger partial charge >= 0.3 is 5.97 Å². The van der Waals surface area contributed by atoms with Gasteiger partial charge in [0, 0.05) is 12.5 Å². The van der Waals surface area contributed by atoms with Crippen LogP contribution in [0.4, 0.5) is 0 Å². The van der Waals surface area contributed by atoms with Crippen LogP contribution in [-0.4, -0.2) is 12.6 Å². The first-order valence-electron chi connectivity index (χ1n) is 6.92. The third-order valence-electron chi connectivity index (χ3n) is 3.30. The van der Waals surface area contributed by atoms with Crippen molar-refractivity contribution in [2.24, 2.45) is 11.7 Å². The van der Waals surface area contributed by atoms with E-state index in [1.807, 2.05) is 13.8 Å². The summed E-state index contributed by atoms with van der Waals surface area (Å²) in [6.45, 7) is 8.46. The number of rotatable bonds is 6. The summed E-state index contributed by atoms with van der Waals surface area (Å²) < 4.78 is 4.96. The highest BCUT2D eigenvalue weighted by atomic mass is 16.5. The van der Waals surface area contributed by atoms with E-state index in [9.17, 15) is 4.79 Å². The van der Waals surface area contributed by atoms with E-state index in [-0.39, 0.29) is 17.9 Å². The lowest BCUT2D eigenvalue weighted by Gasteiger charge is -2.19. The van der Waals surface area contributed by atoms with Gasteiger partial charge in [-0.05, 0) is 44.2 Å². The molecule has 2 unspecified atom stereocenters. The van der Waals surface area contributed by atoms with Crippen LogP contribution >= 0.6 is 0 Å². The van der Waals surface area contributed by atoms with Gasteiger partial charge in [0.15, 0.2) is 0 Å². The zero-order chi connectivity index (χ0) is 14.4. The molecule has 0 spiro atoms. The molecule has 1 aromatic rings. The predicted octanol–water partition coefficient (Wildman–Crippen LogP) is 3.28. The molecule has 0 aliphatic carbocycles. The fourth-order valence-electron chi connectivity index (χ4n) is 2.39. The van der Waals surface area contributed by atoms with Crippen molar-refractivity contribution in [1.82, 2.24) is 0 Å². The topological polar surface area (TPSA) is 52.3 Å². The first kappa shape index (κ1) is 15.7. The Morgan fingerprint density at radius 3 is 2.63 bits per heavy atom. The molecule has 0 amide bonds. The Morgan fingerprint density at radius 2 is 2.05 bits per heavy atom. The van der Waals surface area contributed by atoms with Crippen molar-refractivity contribution >= 4 is 5.97 Å². The van der Waals surface area contributed by atoms with Crippen LogP contribution < -0.4 is 5.73 Å². The van der Waals surface area contributed by atoms with E-state index in [4.69, 9.17) is 10.5 Å². The number of carbonyl (C=O) groups is 1. The Kier molecular flexibility index (Phi) is 6.03. The van der Waals surface area contributed by atoms with Gasteiger partial charge in [0.2, 0.25) is 0 Å². The van der Waals surface area contributed by atoms with Crippen LogP contribution in [0.1, 0.15) is 49.4 Å². The molecule has 0 bridgehead atoms. The molecule has 0 aromatic heterocycles. The normalized spacial score (nSPS) is 13.9. The summed E-state index contributed by atoms with van der Waals surface area (Å²) in [4.78, 5) is 11.4. The molecule has 2 atom stereocenters. The van der Waals surface area contributed by atoms with Gasteiger partial charge in [0.1, 0.15) is 0 Å². The second-order valence-corrected chi connectivity index (χ2v) is 5.32. The summed E-state index contributed by atoms with van der Waals surface area (Å²) in [6.07, 6.45) is 1.23. The lowest BCUT2D eigenvalue weighted by molar-refractivity contribution is -0.144. The van der Waals surface area contributed by atoms with Crippen molar-refractivity contribution in [2.45, 2.75) is 46.6 Å². The maximum Gasteiger partial charge on any atom is 0.306 e. The molecule has 3 heteroatoms. The Balaban J connectivity index is 2.58. The standard InChI is InChI=1S/C16H25NO2/c1-5-19-16(18)10-12(3)9-15(17)14-7-6-11(2)8-13(14)4/h6-8,12,15H,5,9-10,17H2,1-4H3. The van der Waals surface area contributed by atoms with E-state index in [0.717, 1.165) is 6.42 Å². The Labute approximate surface area is 116 Å². The molecule has 0 heterocycles. The Hall–Kier alpha value is -1.35. The highest BCUT2D eigenvalue weighted by molar-refractivity contribution is 5.69. The largest absolute Gasteiger partial charge is 0.466 e. The van der Waals surface area contributed by atoms with Crippen LogP contribution in [0.5, 0.6) is 0 Å². The van der Waals surface area contributed by atoms with Crippen molar-refractivity contribution in [2.75, 3.05) is 6.61 Å². The number of hydrogen-bond acceptors (Lipinski definition) is 3. The van der Waals surface area contributed by atoms with Gasteiger partial charge in [-0.2, -0.15) is 0 Å². The first-order valence-corrected chi connectivity index (χ1v) is 6.92. The molecule has 19 heavy (non-hydrogen) atoms. The molecule has 0 radical (unpaired) electrons. The zero-order valence-electron chi connectivity index (χ0n) is 12.4. The Morgan fingerprint density at radius 1 is 1.37 bits per heavy atom. The summed E-state index contributed by atoms with van der Waals surface area (Å²) in [6, 6.07) is 6.29. The number of esters is 1. The highest BCUT2D eigenvalue weighted by Crippen LogP contribution is 2.24. The van der Waals surface area contributed by atoms with Crippen LogP contribution in [-0.2, 0) is 9.53 Å². The average molecular weight is 263 g/mol. The number of benzene rings is 1. The number of aryl methyl sites for hydroxylation is 2.